The lowest BCUT2D eigenvalue weighted by Gasteiger charge is -2.25. The number of hydrogen-bond donors (Lipinski definition) is 1. The summed E-state index contributed by atoms with van der Waals surface area (Å²) >= 11 is 0. The largest absolute Gasteiger partial charge is 0.481 e. The third kappa shape index (κ3) is 6.61. The molecule has 0 aromatic heterocycles. The summed E-state index contributed by atoms with van der Waals surface area (Å²) in [7, 11) is 0. The lowest BCUT2D eigenvalue weighted by atomic mass is 9.96. The zero-order valence-electron chi connectivity index (χ0n) is 23.7. The molecule has 0 aliphatic heterocycles. The van der Waals surface area contributed by atoms with Crippen LogP contribution in [-0.2, 0) is 24.1 Å². The van der Waals surface area contributed by atoms with Gasteiger partial charge in [-0.05, 0) is 70.1 Å². The van der Waals surface area contributed by atoms with Gasteiger partial charge in [-0.3, -0.25) is 9.59 Å². The van der Waals surface area contributed by atoms with E-state index in [1.54, 1.807) is 24.0 Å². The van der Waals surface area contributed by atoms with Gasteiger partial charge >= 0.3 is 12.1 Å². The van der Waals surface area contributed by atoms with E-state index in [0.717, 1.165) is 45.2 Å². The highest BCUT2D eigenvalue weighted by molar-refractivity contribution is 6.08. The molecule has 0 spiro atoms. The topological polar surface area (TPSA) is 57.6 Å². The summed E-state index contributed by atoms with van der Waals surface area (Å²) in [6, 6.07) is 31.4. The van der Waals surface area contributed by atoms with Crippen LogP contribution < -0.4 is 0 Å². The molecule has 0 unspecified atom stereocenters. The molecule has 218 valence electrons. The van der Waals surface area contributed by atoms with Crippen molar-refractivity contribution in [2.75, 3.05) is 0 Å². The van der Waals surface area contributed by atoms with E-state index in [0.29, 0.717) is 16.7 Å². The standard InChI is InChI=1S/C36H30F3NO3/c1-23-13-16-28-8-3-4-12-32(28)33(23)34(41)40(22-26-7-5-11-31(19-26)36(37,38)39)21-25-14-17-27(18-15-25)30-10-6-9-29(20-30)24(2)35(42)43/h3-20,24H,21-22H2,1-2H3,(H,42,43)/t24-/m0/s1. The number of amides is 1. The van der Waals surface area contributed by atoms with E-state index in [1.165, 1.54) is 6.07 Å². The lowest BCUT2D eigenvalue weighted by Crippen LogP contribution is -2.31. The van der Waals surface area contributed by atoms with Crippen molar-refractivity contribution in [2.45, 2.75) is 39.0 Å². The average Bonchev–Trinajstić information content (AvgIpc) is 3.00. The molecule has 1 amide bonds. The van der Waals surface area contributed by atoms with E-state index < -0.39 is 23.6 Å². The summed E-state index contributed by atoms with van der Waals surface area (Å²) in [5, 5.41) is 11.1. The molecule has 1 atom stereocenters. The van der Waals surface area contributed by atoms with Crippen LogP contribution in [0, 0.1) is 6.92 Å². The number of halogens is 3. The summed E-state index contributed by atoms with van der Waals surface area (Å²) < 4.78 is 40.4. The van der Waals surface area contributed by atoms with Gasteiger partial charge in [-0.25, -0.2) is 0 Å². The predicted octanol–water partition coefficient (Wildman–Crippen LogP) is 8.86. The Bertz CT molecular complexity index is 1790. The Labute approximate surface area is 248 Å². The number of aryl methyl sites for hydroxylation is 1. The Morgan fingerprint density at radius 2 is 1.47 bits per heavy atom. The molecule has 0 aliphatic rings. The molecule has 5 rings (SSSR count). The van der Waals surface area contributed by atoms with E-state index in [9.17, 15) is 27.9 Å². The summed E-state index contributed by atoms with van der Waals surface area (Å²) in [5.41, 5.74) is 4.15. The average molecular weight is 582 g/mol. The van der Waals surface area contributed by atoms with Crippen molar-refractivity contribution in [1.82, 2.24) is 4.90 Å². The number of hydrogen-bond acceptors (Lipinski definition) is 2. The molecule has 7 heteroatoms. The van der Waals surface area contributed by atoms with E-state index in [2.05, 4.69) is 0 Å². The number of carboxylic acids is 1. The van der Waals surface area contributed by atoms with Crippen LogP contribution in [0.2, 0.25) is 0 Å². The van der Waals surface area contributed by atoms with Gasteiger partial charge in [0.1, 0.15) is 0 Å². The monoisotopic (exact) mass is 581 g/mol. The van der Waals surface area contributed by atoms with Gasteiger partial charge in [-0.1, -0.05) is 97.1 Å². The van der Waals surface area contributed by atoms with Gasteiger partial charge in [-0.2, -0.15) is 13.2 Å². The highest BCUT2D eigenvalue weighted by atomic mass is 19.4. The molecule has 0 fully saturated rings. The third-order valence-electron chi connectivity index (χ3n) is 7.68. The number of alkyl halides is 3. The van der Waals surface area contributed by atoms with Crippen LogP contribution in [0.3, 0.4) is 0 Å². The zero-order chi connectivity index (χ0) is 30.7. The molecule has 0 heterocycles. The van der Waals surface area contributed by atoms with Crippen molar-refractivity contribution in [3.05, 3.63) is 143 Å². The molecular weight excluding hydrogens is 551 g/mol. The summed E-state index contributed by atoms with van der Waals surface area (Å²) in [6.45, 7) is 3.66. The SMILES string of the molecule is Cc1ccc2ccccc2c1C(=O)N(Cc1ccc(-c2cccc([C@H](C)C(=O)O)c2)cc1)Cc1cccc(C(F)(F)F)c1. The van der Waals surface area contributed by atoms with Crippen LogP contribution in [0.1, 0.15) is 51.0 Å². The summed E-state index contributed by atoms with van der Waals surface area (Å²) in [6.07, 6.45) is -4.49. The fourth-order valence-corrected chi connectivity index (χ4v) is 5.24. The third-order valence-corrected chi connectivity index (χ3v) is 7.68. The first-order chi connectivity index (χ1) is 20.5. The number of benzene rings is 5. The second kappa shape index (κ2) is 12.1. The van der Waals surface area contributed by atoms with Gasteiger partial charge in [0.05, 0.1) is 17.0 Å². The number of carboxylic acid groups (broad SMARTS) is 1. The number of nitrogens with zero attached hydrogens (tertiary/aromatic N) is 1. The summed E-state index contributed by atoms with van der Waals surface area (Å²) in [5.74, 6) is -1.82. The van der Waals surface area contributed by atoms with Crippen molar-refractivity contribution in [2.24, 2.45) is 0 Å². The maximum absolute atomic E-state index is 14.2. The van der Waals surface area contributed by atoms with Crippen LogP contribution in [-0.4, -0.2) is 21.9 Å². The van der Waals surface area contributed by atoms with Gasteiger partial charge in [0.15, 0.2) is 0 Å². The Kier molecular flexibility index (Phi) is 8.35. The van der Waals surface area contributed by atoms with Gasteiger partial charge in [0.2, 0.25) is 0 Å². The first-order valence-electron chi connectivity index (χ1n) is 13.9. The fourth-order valence-electron chi connectivity index (χ4n) is 5.24. The van der Waals surface area contributed by atoms with E-state index in [-0.39, 0.29) is 19.0 Å². The first kappa shape index (κ1) is 29.6. The number of carbonyl (C=O) groups is 2. The van der Waals surface area contributed by atoms with Crippen molar-refractivity contribution in [1.29, 1.82) is 0 Å². The molecule has 0 radical (unpaired) electrons. The number of fused-ring (bicyclic) bond motifs is 1. The van der Waals surface area contributed by atoms with Crippen LogP contribution in [0.5, 0.6) is 0 Å². The van der Waals surface area contributed by atoms with Gasteiger partial charge < -0.3 is 10.0 Å². The van der Waals surface area contributed by atoms with Crippen molar-refractivity contribution in [3.63, 3.8) is 0 Å². The quantitative estimate of drug-likeness (QED) is 0.199. The second-order valence-electron chi connectivity index (χ2n) is 10.7. The molecule has 0 saturated carbocycles. The molecule has 0 bridgehead atoms. The molecule has 0 aliphatic carbocycles. The minimum atomic E-state index is -4.49. The molecular formula is C36H30F3NO3. The molecule has 5 aromatic rings. The first-order valence-corrected chi connectivity index (χ1v) is 13.9. The number of rotatable bonds is 8. The van der Waals surface area contributed by atoms with Crippen LogP contribution in [0.4, 0.5) is 13.2 Å². The van der Waals surface area contributed by atoms with Crippen molar-refractivity contribution in [3.8, 4) is 11.1 Å². The molecule has 43 heavy (non-hydrogen) atoms. The van der Waals surface area contributed by atoms with Crippen LogP contribution >= 0.6 is 0 Å². The summed E-state index contributed by atoms with van der Waals surface area (Å²) in [4.78, 5) is 27.2. The highest BCUT2D eigenvalue weighted by Crippen LogP contribution is 2.31. The van der Waals surface area contributed by atoms with Gasteiger partial charge in [0.25, 0.3) is 5.91 Å². The van der Waals surface area contributed by atoms with E-state index in [1.807, 2.05) is 85.8 Å². The van der Waals surface area contributed by atoms with E-state index in [4.69, 9.17) is 0 Å². The second-order valence-corrected chi connectivity index (χ2v) is 10.7. The minimum Gasteiger partial charge on any atom is -0.481 e. The predicted molar refractivity (Wildman–Crippen MR) is 162 cm³/mol. The van der Waals surface area contributed by atoms with Crippen molar-refractivity contribution >= 4 is 22.6 Å². The number of carbonyl (C=O) groups excluding carboxylic acids is 1. The number of aliphatic carboxylic acids is 1. The Balaban J connectivity index is 1.49. The minimum absolute atomic E-state index is 0.0116. The highest BCUT2D eigenvalue weighted by Gasteiger charge is 2.31. The normalized spacial score (nSPS) is 12.2. The van der Waals surface area contributed by atoms with Crippen LogP contribution in [0.15, 0.2) is 109 Å². The van der Waals surface area contributed by atoms with Crippen molar-refractivity contribution < 1.29 is 27.9 Å². The molecule has 5 aromatic carbocycles. The Hall–Kier alpha value is -4.91. The molecule has 1 N–H and O–H groups in total. The maximum Gasteiger partial charge on any atom is 0.416 e. The maximum atomic E-state index is 14.2. The fraction of sp³-hybridized carbons (Fsp3) is 0.167. The Morgan fingerprint density at radius 3 is 2.19 bits per heavy atom. The zero-order valence-corrected chi connectivity index (χ0v) is 23.7. The van der Waals surface area contributed by atoms with Crippen LogP contribution in [0.25, 0.3) is 21.9 Å². The molecule has 0 saturated heterocycles. The van der Waals surface area contributed by atoms with Gasteiger partial charge in [-0.15, -0.1) is 0 Å². The van der Waals surface area contributed by atoms with E-state index >= 15 is 0 Å². The Morgan fingerprint density at radius 1 is 0.767 bits per heavy atom. The molecule has 4 nitrogen and oxygen atoms in total. The smallest absolute Gasteiger partial charge is 0.416 e. The lowest BCUT2D eigenvalue weighted by molar-refractivity contribution is -0.138. The van der Waals surface area contributed by atoms with Gasteiger partial charge in [0, 0.05) is 13.1 Å².